The Morgan fingerprint density at radius 2 is 2.11 bits per heavy atom. The van der Waals surface area contributed by atoms with Gasteiger partial charge in [-0.25, -0.2) is 13.1 Å². The van der Waals surface area contributed by atoms with Gasteiger partial charge >= 0.3 is 0 Å². The second-order valence-corrected chi connectivity index (χ2v) is 6.26. The Hall–Kier alpha value is -1.33. The highest BCUT2D eigenvalue weighted by atomic mass is 32.2. The lowest BCUT2D eigenvalue weighted by molar-refractivity contribution is 0.522. The molecule has 0 saturated carbocycles. The highest BCUT2D eigenvalue weighted by Crippen LogP contribution is 2.22. The van der Waals surface area contributed by atoms with Crippen LogP contribution in [0, 0.1) is 6.92 Å². The first-order valence-electron chi connectivity index (χ1n) is 6.03. The molecule has 5 heteroatoms. The summed E-state index contributed by atoms with van der Waals surface area (Å²) in [6.45, 7) is 1.73. The molecule has 18 heavy (non-hydrogen) atoms. The van der Waals surface area contributed by atoms with Gasteiger partial charge in [-0.3, -0.25) is 0 Å². The summed E-state index contributed by atoms with van der Waals surface area (Å²) in [6, 6.07) is 4.95. The van der Waals surface area contributed by atoms with Gasteiger partial charge in [0, 0.05) is 11.7 Å². The largest absolute Gasteiger partial charge is 0.398 e. The van der Waals surface area contributed by atoms with Crippen LogP contribution in [-0.4, -0.2) is 14.5 Å². The first kappa shape index (κ1) is 13.1. The lowest BCUT2D eigenvalue weighted by Crippen LogP contribution is -2.35. The molecule has 0 radical (unpaired) electrons. The summed E-state index contributed by atoms with van der Waals surface area (Å²) in [5.41, 5.74) is 6.86. The van der Waals surface area contributed by atoms with Crippen molar-refractivity contribution in [2.24, 2.45) is 0 Å². The van der Waals surface area contributed by atoms with E-state index in [1.807, 2.05) is 6.08 Å². The highest BCUT2D eigenvalue weighted by Gasteiger charge is 2.22. The van der Waals surface area contributed by atoms with Gasteiger partial charge in [-0.15, -0.1) is 0 Å². The fraction of sp³-hybridized carbons (Fsp3) is 0.385. The van der Waals surface area contributed by atoms with Crippen LogP contribution in [0.3, 0.4) is 0 Å². The third-order valence-corrected chi connectivity index (χ3v) is 4.87. The normalized spacial score (nSPS) is 19.9. The number of rotatable bonds is 3. The molecule has 0 aromatic heterocycles. The van der Waals surface area contributed by atoms with Crippen molar-refractivity contribution < 1.29 is 8.42 Å². The maximum absolute atomic E-state index is 12.3. The van der Waals surface area contributed by atoms with Crippen LogP contribution >= 0.6 is 0 Å². The summed E-state index contributed by atoms with van der Waals surface area (Å²) in [5.74, 6) is 0. The fourth-order valence-corrected chi connectivity index (χ4v) is 3.66. The molecule has 3 N–H and O–H groups in total. The number of anilines is 1. The van der Waals surface area contributed by atoms with Gasteiger partial charge in [-0.1, -0.05) is 18.2 Å². The second kappa shape index (κ2) is 5.12. The molecular formula is C13H18N2O2S. The predicted octanol–water partition coefficient (Wildman–Crippen LogP) is 1.96. The number of allylic oxidation sites excluding steroid dienone is 1. The molecule has 0 aliphatic heterocycles. The van der Waals surface area contributed by atoms with Gasteiger partial charge in [0.15, 0.2) is 0 Å². The van der Waals surface area contributed by atoms with Crippen molar-refractivity contribution in [1.82, 2.24) is 4.72 Å². The zero-order valence-electron chi connectivity index (χ0n) is 10.4. The summed E-state index contributed by atoms with van der Waals surface area (Å²) >= 11 is 0. The minimum absolute atomic E-state index is 0.0131. The Morgan fingerprint density at radius 3 is 2.78 bits per heavy atom. The minimum atomic E-state index is -3.48. The number of nitrogens with one attached hydrogen (secondary N) is 1. The summed E-state index contributed by atoms with van der Waals surface area (Å²) in [5, 5.41) is 0. The van der Waals surface area contributed by atoms with Crippen LogP contribution < -0.4 is 10.5 Å². The Morgan fingerprint density at radius 1 is 1.33 bits per heavy atom. The molecule has 0 spiro atoms. The second-order valence-electron chi connectivity index (χ2n) is 4.57. The molecule has 2 rings (SSSR count). The van der Waals surface area contributed by atoms with Crippen molar-refractivity contribution in [1.29, 1.82) is 0 Å². The number of hydrogen-bond acceptors (Lipinski definition) is 3. The molecule has 1 aromatic carbocycles. The Kier molecular flexibility index (Phi) is 3.73. The average Bonchev–Trinajstić information content (AvgIpc) is 2.33. The lowest BCUT2D eigenvalue weighted by atomic mass is 10.0. The molecule has 0 bridgehead atoms. The summed E-state index contributed by atoms with van der Waals surface area (Å²) in [4.78, 5) is 0.275. The van der Waals surface area contributed by atoms with Gasteiger partial charge < -0.3 is 5.73 Å². The summed E-state index contributed by atoms with van der Waals surface area (Å²) in [6.07, 6.45) is 6.61. The molecule has 1 aromatic rings. The van der Waals surface area contributed by atoms with Crippen LogP contribution in [0.1, 0.15) is 24.8 Å². The molecule has 1 unspecified atom stereocenters. The Labute approximate surface area is 108 Å². The topological polar surface area (TPSA) is 72.2 Å². The van der Waals surface area contributed by atoms with Crippen LogP contribution in [0.4, 0.5) is 5.69 Å². The van der Waals surface area contributed by atoms with Crippen molar-refractivity contribution in [3.63, 3.8) is 0 Å². The van der Waals surface area contributed by atoms with Crippen molar-refractivity contribution in [2.75, 3.05) is 5.73 Å². The number of sulfonamides is 1. The molecule has 98 valence electrons. The fourth-order valence-electron chi connectivity index (χ4n) is 2.11. The van der Waals surface area contributed by atoms with Gasteiger partial charge in [0.25, 0.3) is 0 Å². The number of benzene rings is 1. The van der Waals surface area contributed by atoms with Crippen LogP contribution in [0.5, 0.6) is 0 Å². The Bertz CT molecular complexity index is 564. The predicted molar refractivity (Wildman–Crippen MR) is 72.7 cm³/mol. The smallest absolute Gasteiger partial charge is 0.241 e. The van der Waals surface area contributed by atoms with Crippen LogP contribution in [0.15, 0.2) is 35.2 Å². The minimum Gasteiger partial charge on any atom is -0.398 e. The van der Waals surface area contributed by atoms with E-state index in [-0.39, 0.29) is 10.9 Å². The van der Waals surface area contributed by atoms with E-state index in [9.17, 15) is 8.42 Å². The van der Waals surface area contributed by atoms with Crippen molar-refractivity contribution >= 4 is 15.7 Å². The first-order chi connectivity index (χ1) is 8.50. The van der Waals surface area contributed by atoms with Gasteiger partial charge in [-0.05, 0) is 43.9 Å². The molecular weight excluding hydrogens is 248 g/mol. The van der Waals surface area contributed by atoms with E-state index in [0.29, 0.717) is 11.3 Å². The highest BCUT2D eigenvalue weighted by molar-refractivity contribution is 7.89. The number of hydrogen-bond donors (Lipinski definition) is 2. The van der Waals surface area contributed by atoms with Crippen molar-refractivity contribution in [3.05, 3.63) is 35.9 Å². The van der Waals surface area contributed by atoms with Gasteiger partial charge in [-0.2, -0.15) is 0 Å². The number of nitrogen functional groups attached to an aromatic ring is 1. The molecule has 1 atom stereocenters. The third kappa shape index (κ3) is 2.73. The summed E-state index contributed by atoms with van der Waals surface area (Å²) in [7, 11) is -3.48. The first-order valence-corrected chi connectivity index (χ1v) is 7.51. The molecule has 0 heterocycles. The zero-order chi connectivity index (χ0) is 13.2. The van der Waals surface area contributed by atoms with Gasteiger partial charge in [0.2, 0.25) is 10.0 Å². The lowest BCUT2D eigenvalue weighted by Gasteiger charge is -2.20. The SMILES string of the molecule is Cc1c(N)cccc1S(=O)(=O)NC1CC=CCC1. The maximum atomic E-state index is 12.3. The van der Waals surface area contributed by atoms with Crippen molar-refractivity contribution in [3.8, 4) is 0 Å². The van der Waals surface area contributed by atoms with E-state index in [1.165, 1.54) is 0 Å². The summed E-state index contributed by atoms with van der Waals surface area (Å²) < 4.78 is 27.3. The van der Waals surface area contributed by atoms with Gasteiger partial charge in [0.1, 0.15) is 0 Å². The molecule has 0 saturated heterocycles. The van der Waals surface area contributed by atoms with E-state index in [0.717, 1.165) is 19.3 Å². The van der Waals surface area contributed by atoms with Gasteiger partial charge in [0.05, 0.1) is 4.90 Å². The number of nitrogens with two attached hydrogens (primary N) is 1. The van der Waals surface area contributed by atoms with E-state index in [1.54, 1.807) is 25.1 Å². The quantitative estimate of drug-likeness (QED) is 0.649. The van der Waals surface area contributed by atoms with Crippen LogP contribution in [0.25, 0.3) is 0 Å². The van der Waals surface area contributed by atoms with E-state index in [4.69, 9.17) is 5.73 Å². The van der Waals surface area contributed by atoms with E-state index >= 15 is 0 Å². The monoisotopic (exact) mass is 266 g/mol. The molecule has 0 fully saturated rings. The Balaban J connectivity index is 2.25. The average molecular weight is 266 g/mol. The van der Waals surface area contributed by atoms with Crippen LogP contribution in [-0.2, 0) is 10.0 Å². The zero-order valence-corrected chi connectivity index (χ0v) is 11.2. The van der Waals surface area contributed by atoms with Crippen LogP contribution in [0.2, 0.25) is 0 Å². The molecule has 1 aliphatic carbocycles. The maximum Gasteiger partial charge on any atom is 0.241 e. The van der Waals surface area contributed by atoms with E-state index < -0.39 is 10.0 Å². The van der Waals surface area contributed by atoms with E-state index in [2.05, 4.69) is 10.8 Å². The standard InChI is InChI=1S/C13H18N2O2S/c1-10-12(14)8-5-9-13(10)18(16,17)15-11-6-3-2-4-7-11/h2-3,5,8-9,11,15H,4,6-7,14H2,1H3. The third-order valence-electron chi connectivity index (χ3n) is 3.21. The molecule has 1 aliphatic rings. The molecule has 4 nitrogen and oxygen atoms in total. The van der Waals surface area contributed by atoms with Crippen molar-refractivity contribution in [2.45, 2.75) is 37.1 Å². The molecule has 0 amide bonds.